The van der Waals surface area contributed by atoms with Gasteiger partial charge in [0.1, 0.15) is 6.61 Å². The summed E-state index contributed by atoms with van der Waals surface area (Å²) in [5.41, 5.74) is 0. The summed E-state index contributed by atoms with van der Waals surface area (Å²) in [5, 5.41) is 8.30. The highest BCUT2D eigenvalue weighted by Gasteiger charge is 2.32. The number of alkyl halides is 2. The maximum absolute atomic E-state index is 12.7. The van der Waals surface area contributed by atoms with Crippen LogP contribution >= 0.6 is 0 Å². The number of rotatable bonds is 5. The molecule has 16 heavy (non-hydrogen) atoms. The molecule has 0 saturated carbocycles. The summed E-state index contributed by atoms with van der Waals surface area (Å²) in [4.78, 5) is 0. The van der Waals surface area contributed by atoms with E-state index in [4.69, 9.17) is 5.11 Å². The fourth-order valence-electron chi connectivity index (χ4n) is 1.45. The molecule has 8 heteroatoms. The first-order chi connectivity index (χ1) is 7.37. The first-order valence-corrected chi connectivity index (χ1v) is 6.55. The molecule has 0 spiro atoms. The highest BCUT2D eigenvalue weighted by Crippen LogP contribution is 2.14. The Hall–Kier alpha value is -0.310. The van der Waals surface area contributed by atoms with E-state index in [0.29, 0.717) is 13.1 Å². The molecule has 2 N–H and O–H groups in total. The van der Waals surface area contributed by atoms with Crippen LogP contribution in [0.15, 0.2) is 0 Å². The van der Waals surface area contributed by atoms with E-state index >= 15 is 0 Å². The van der Waals surface area contributed by atoms with E-state index in [2.05, 4.69) is 0 Å². The summed E-state index contributed by atoms with van der Waals surface area (Å²) in [6.45, 7) is -1.71. The van der Waals surface area contributed by atoms with Gasteiger partial charge in [-0.25, -0.2) is 8.78 Å². The fraction of sp³-hybridized carbons (Fsp3) is 1.00. The second-order valence-corrected chi connectivity index (χ2v) is 5.56. The van der Waals surface area contributed by atoms with Crippen molar-refractivity contribution >= 4 is 10.2 Å². The zero-order chi connectivity index (χ0) is 12.2. The molecule has 0 unspecified atom stereocenters. The zero-order valence-electron chi connectivity index (χ0n) is 8.82. The van der Waals surface area contributed by atoms with Gasteiger partial charge >= 0.3 is 0 Å². The number of hydrogen-bond acceptors (Lipinski definition) is 3. The first-order valence-electron chi connectivity index (χ1n) is 5.11. The Morgan fingerprint density at radius 3 is 2.31 bits per heavy atom. The smallest absolute Gasteiger partial charge is 0.283 e. The lowest BCUT2D eigenvalue weighted by atomic mass is 10.2. The van der Waals surface area contributed by atoms with Gasteiger partial charge in [-0.15, -0.1) is 0 Å². The van der Waals surface area contributed by atoms with Crippen molar-refractivity contribution in [3.63, 3.8) is 0 Å². The van der Waals surface area contributed by atoms with Gasteiger partial charge in [-0.1, -0.05) is 6.42 Å². The summed E-state index contributed by atoms with van der Waals surface area (Å²) < 4.78 is 51.4. The van der Waals surface area contributed by atoms with Gasteiger partial charge in [0, 0.05) is 13.1 Å². The molecular formula is C8H16F2N2O3S. The highest BCUT2D eigenvalue weighted by atomic mass is 32.2. The molecular weight excluding hydrogens is 242 g/mol. The van der Waals surface area contributed by atoms with Crippen molar-refractivity contribution in [3.05, 3.63) is 0 Å². The second kappa shape index (κ2) is 5.35. The van der Waals surface area contributed by atoms with Gasteiger partial charge in [0.15, 0.2) is 0 Å². The number of aliphatic hydroxyl groups is 1. The minimum Gasteiger partial charge on any atom is -0.390 e. The summed E-state index contributed by atoms with van der Waals surface area (Å²) in [6.07, 6.45) is 2.45. The predicted molar refractivity (Wildman–Crippen MR) is 54.4 cm³/mol. The van der Waals surface area contributed by atoms with Crippen molar-refractivity contribution in [3.8, 4) is 0 Å². The molecule has 1 heterocycles. The molecule has 0 atom stereocenters. The van der Waals surface area contributed by atoms with Crippen LogP contribution in [0.2, 0.25) is 0 Å². The van der Waals surface area contributed by atoms with Crippen molar-refractivity contribution in [2.24, 2.45) is 0 Å². The van der Waals surface area contributed by atoms with Crippen LogP contribution in [-0.4, -0.2) is 50.0 Å². The minimum atomic E-state index is -3.83. The van der Waals surface area contributed by atoms with Gasteiger partial charge in [-0.3, -0.25) is 0 Å². The molecule has 0 amide bonds. The fourth-order valence-corrected chi connectivity index (χ4v) is 2.76. The molecule has 0 aliphatic carbocycles. The van der Waals surface area contributed by atoms with E-state index in [1.165, 1.54) is 0 Å². The van der Waals surface area contributed by atoms with Crippen molar-refractivity contribution in [1.82, 2.24) is 9.03 Å². The summed E-state index contributed by atoms with van der Waals surface area (Å²) in [5.74, 6) is -3.41. The third kappa shape index (κ3) is 3.93. The van der Waals surface area contributed by atoms with Crippen molar-refractivity contribution in [1.29, 1.82) is 0 Å². The molecule has 0 aromatic carbocycles. The molecule has 1 aliphatic heterocycles. The number of aliphatic hydroxyl groups excluding tert-OH is 1. The average molecular weight is 258 g/mol. The minimum absolute atomic E-state index is 0.361. The maximum Gasteiger partial charge on any atom is 0.283 e. The van der Waals surface area contributed by atoms with E-state index in [9.17, 15) is 17.2 Å². The SMILES string of the molecule is O=S(=O)(NCC(F)(F)CO)N1CCCCC1. The van der Waals surface area contributed by atoms with Crippen molar-refractivity contribution < 1.29 is 22.3 Å². The van der Waals surface area contributed by atoms with Gasteiger partial charge < -0.3 is 5.11 Å². The van der Waals surface area contributed by atoms with Crippen LogP contribution in [0.3, 0.4) is 0 Å². The Morgan fingerprint density at radius 2 is 1.81 bits per heavy atom. The van der Waals surface area contributed by atoms with E-state index in [1.807, 2.05) is 4.72 Å². The Kier molecular flexibility index (Phi) is 4.60. The maximum atomic E-state index is 12.7. The van der Waals surface area contributed by atoms with E-state index in [-0.39, 0.29) is 0 Å². The van der Waals surface area contributed by atoms with Crippen LogP contribution in [0.5, 0.6) is 0 Å². The Morgan fingerprint density at radius 1 is 1.25 bits per heavy atom. The number of nitrogens with zero attached hydrogens (tertiary/aromatic N) is 1. The van der Waals surface area contributed by atoms with Gasteiger partial charge in [0.05, 0.1) is 6.54 Å². The van der Waals surface area contributed by atoms with E-state index in [1.54, 1.807) is 0 Å². The molecule has 0 aromatic rings. The quantitative estimate of drug-likeness (QED) is 0.725. The molecule has 0 radical (unpaired) electrons. The molecule has 0 aromatic heterocycles. The molecule has 96 valence electrons. The lowest BCUT2D eigenvalue weighted by molar-refractivity contribution is -0.0439. The van der Waals surface area contributed by atoms with Gasteiger partial charge in [-0.05, 0) is 12.8 Å². The van der Waals surface area contributed by atoms with E-state index in [0.717, 1.165) is 23.6 Å². The summed E-state index contributed by atoms with van der Waals surface area (Å²) in [6, 6.07) is 0. The van der Waals surface area contributed by atoms with Crippen molar-refractivity contribution in [2.75, 3.05) is 26.2 Å². The molecule has 1 rings (SSSR count). The molecule has 0 bridgehead atoms. The van der Waals surface area contributed by atoms with Crippen LogP contribution in [0.4, 0.5) is 8.78 Å². The van der Waals surface area contributed by atoms with Gasteiger partial charge in [-0.2, -0.15) is 17.4 Å². The first kappa shape index (κ1) is 13.8. The summed E-state index contributed by atoms with van der Waals surface area (Å²) >= 11 is 0. The van der Waals surface area contributed by atoms with Crippen LogP contribution < -0.4 is 4.72 Å². The number of piperidine rings is 1. The van der Waals surface area contributed by atoms with E-state index < -0.39 is 29.3 Å². The van der Waals surface area contributed by atoms with Gasteiger partial charge in [0.2, 0.25) is 0 Å². The molecule has 1 fully saturated rings. The lowest BCUT2D eigenvalue weighted by Gasteiger charge is -2.26. The Balaban J connectivity index is 2.51. The lowest BCUT2D eigenvalue weighted by Crippen LogP contribution is -2.47. The highest BCUT2D eigenvalue weighted by molar-refractivity contribution is 7.87. The van der Waals surface area contributed by atoms with Gasteiger partial charge in [0.25, 0.3) is 16.1 Å². The second-order valence-electron chi connectivity index (χ2n) is 3.80. The topological polar surface area (TPSA) is 69.6 Å². The zero-order valence-corrected chi connectivity index (χ0v) is 9.64. The monoisotopic (exact) mass is 258 g/mol. The van der Waals surface area contributed by atoms with Crippen LogP contribution in [0.25, 0.3) is 0 Å². The standard InChI is InChI=1S/C8H16F2N2O3S/c9-8(10,7-13)6-11-16(14,15)12-4-2-1-3-5-12/h11,13H,1-7H2. The summed E-state index contributed by atoms with van der Waals surface area (Å²) in [7, 11) is -3.83. The number of halogens is 2. The van der Waals surface area contributed by atoms with Crippen molar-refractivity contribution in [2.45, 2.75) is 25.2 Å². The number of nitrogens with one attached hydrogen (secondary N) is 1. The third-order valence-electron chi connectivity index (χ3n) is 2.40. The predicted octanol–water partition coefficient (Wildman–Crippen LogP) is -0.0657. The van der Waals surface area contributed by atoms with Crippen LogP contribution in [0, 0.1) is 0 Å². The van der Waals surface area contributed by atoms with Crippen LogP contribution in [0.1, 0.15) is 19.3 Å². The van der Waals surface area contributed by atoms with Crippen LogP contribution in [-0.2, 0) is 10.2 Å². The molecule has 1 saturated heterocycles. The Labute approximate surface area is 93.6 Å². The molecule has 5 nitrogen and oxygen atoms in total. The number of hydrogen-bond donors (Lipinski definition) is 2. The average Bonchev–Trinajstić information content (AvgIpc) is 2.28. The third-order valence-corrected chi connectivity index (χ3v) is 3.95. The molecule has 1 aliphatic rings. The largest absolute Gasteiger partial charge is 0.390 e. The Bertz CT molecular complexity index is 315. The normalized spacial score (nSPS) is 19.9.